The summed E-state index contributed by atoms with van der Waals surface area (Å²) in [4.78, 5) is 12.6. The number of hydrazone groups is 1. The van der Waals surface area contributed by atoms with Crippen LogP contribution in [0.4, 0.5) is 0 Å². The second kappa shape index (κ2) is 11.0. The summed E-state index contributed by atoms with van der Waals surface area (Å²) in [5.41, 5.74) is 4.94. The summed E-state index contributed by atoms with van der Waals surface area (Å²) in [5.74, 6) is 1.12. The van der Waals surface area contributed by atoms with Crippen LogP contribution in [0.3, 0.4) is 0 Å². The van der Waals surface area contributed by atoms with Crippen LogP contribution >= 0.6 is 0 Å². The third-order valence-electron chi connectivity index (χ3n) is 3.82. The molecular formula is C22H28N2O4. The molecule has 2 aromatic rings. The van der Waals surface area contributed by atoms with Crippen molar-refractivity contribution in [1.29, 1.82) is 0 Å². The molecule has 0 aromatic heterocycles. The molecule has 6 nitrogen and oxygen atoms in total. The smallest absolute Gasteiger partial charge is 0.271 e. The minimum Gasteiger partial charge on any atom is -0.490 e. The molecule has 2 aromatic carbocycles. The van der Waals surface area contributed by atoms with Crippen molar-refractivity contribution in [2.75, 3.05) is 19.8 Å². The first-order chi connectivity index (χ1) is 13.6. The van der Waals surface area contributed by atoms with Crippen LogP contribution in [-0.4, -0.2) is 31.4 Å². The summed E-state index contributed by atoms with van der Waals surface area (Å²) in [6, 6.07) is 13.3. The highest BCUT2D eigenvalue weighted by atomic mass is 16.5. The van der Waals surface area contributed by atoms with E-state index in [1.54, 1.807) is 12.1 Å². The standard InChI is InChI=1S/C22H28N2O4/c1-5-26-19-14-18(15-20(27-6-2)21(19)28-7-3)22(25)24-23-16(4)13-17-11-9-8-10-12-17/h8-12,14-15H,5-7,13H2,1-4H3,(H,24,25)/b23-16+. The van der Waals surface area contributed by atoms with Gasteiger partial charge in [0.15, 0.2) is 11.5 Å². The van der Waals surface area contributed by atoms with Crippen LogP contribution in [0, 0.1) is 0 Å². The zero-order valence-corrected chi connectivity index (χ0v) is 17.0. The molecule has 6 heteroatoms. The molecule has 0 atom stereocenters. The van der Waals surface area contributed by atoms with Gasteiger partial charge in [0, 0.05) is 17.7 Å². The molecule has 1 amide bonds. The number of carbonyl (C=O) groups is 1. The highest BCUT2D eigenvalue weighted by molar-refractivity contribution is 5.96. The van der Waals surface area contributed by atoms with E-state index in [9.17, 15) is 4.79 Å². The number of amides is 1. The summed E-state index contributed by atoms with van der Waals surface area (Å²) in [6.45, 7) is 8.88. The number of ether oxygens (including phenoxy) is 3. The minimum absolute atomic E-state index is 0.336. The first-order valence-corrected chi connectivity index (χ1v) is 9.52. The summed E-state index contributed by atoms with van der Waals surface area (Å²) in [7, 11) is 0. The molecule has 0 saturated heterocycles. The van der Waals surface area contributed by atoms with E-state index in [2.05, 4.69) is 10.5 Å². The lowest BCUT2D eigenvalue weighted by atomic mass is 10.1. The number of carbonyl (C=O) groups excluding carboxylic acids is 1. The van der Waals surface area contributed by atoms with Crippen LogP contribution in [-0.2, 0) is 6.42 Å². The topological polar surface area (TPSA) is 69.2 Å². The Balaban J connectivity index is 2.20. The largest absolute Gasteiger partial charge is 0.490 e. The number of hydrogen-bond acceptors (Lipinski definition) is 5. The molecule has 2 rings (SSSR count). The van der Waals surface area contributed by atoms with Crippen LogP contribution in [0.2, 0.25) is 0 Å². The van der Waals surface area contributed by atoms with Gasteiger partial charge in [0.2, 0.25) is 5.75 Å². The average Bonchev–Trinajstić information content (AvgIpc) is 2.69. The maximum absolute atomic E-state index is 12.6. The SMILES string of the molecule is CCOc1cc(C(=O)N/N=C(\C)Cc2ccccc2)cc(OCC)c1OCC. The van der Waals surface area contributed by atoms with Crippen molar-refractivity contribution in [3.63, 3.8) is 0 Å². The van der Waals surface area contributed by atoms with Gasteiger partial charge in [0.05, 0.1) is 19.8 Å². The van der Waals surface area contributed by atoms with E-state index in [-0.39, 0.29) is 5.91 Å². The Hall–Kier alpha value is -3.02. The molecule has 0 aliphatic rings. The normalized spacial score (nSPS) is 11.1. The van der Waals surface area contributed by atoms with Crippen LogP contribution in [0.1, 0.15) is 43.6 Å². The van der Waals surface area contributed by atoms with Crippen LogP contribution in [0.5, 0.6) is 17.2 Å². The fourth-order valence-electron chi connectivity index (χ4n) is 2.66. The second-order valence-corrected chi connectivity index (χ2v) is 6.05. The van der Waals surface area contributed by atoms with E-state index in [0.717, 1.165) is 11.3 Å². The van der Waals surface area contributed by atoms with Gasteiger partial charge >= 0.3 is 0 Å². The predicted octanol–water partition coefficient (Wildman–Crippen LogP) is 4.23. The zero-order chi connectivity index (χ0) is 20.4. The summed E-state index contributed by atoms with van der Waals surface area (Å²) in [5, 5.41) is 4.21. The molecule has 0 aliphatic heterocycles. The molecule has 1 N–H and O–H groups in total. The van der Waals surface area contributed by atoms with Crippen molar-refractivity contribution in [1.82, 2.24) is 5.43 Å². The van der Waals surface area contributed by atoms with Gasteiger partial charge < -0.3 is 14.2 Å². The molecule has 0 radical (unpaired) electrons. The molecule has 28 heavy (non-hydrogen) atoms. The maximum atomic E-state index is 12.6. The average molecular weight is 384 g/mol. The third-order valence-corrected chi connectivity index (χ3v) is 3.82. The van der Waals surface area contributed by atoms with Gasteiger partial charge in [0.1, 0.15) is 0 Å². The van der Waals surface area contributed by atoms with Crippen LogP contribution < -0.4 is 19.6 Å². The molecular weight excluding hydrogens is 356 g/mol. The maximum Gasteiger partial charge on any atom is 0.271 e. The lowest BCUT2D eigenvalue weighted by molar-refractivity contribution is 0.0953. The van der Waals surface area contributed by atoms with E-state index < -0.39 is 0 Å². The molecule has 0 heterocycles. The quantitative estimate of drug-likeness (QED) is 0.492. The molecule has 0 bridgehead atoms. The van der Waals surface area contributed by atoms with Gasteiger partial charge in [-0.05, 0) is 45.4 Å². The second-order valence-electron chi connectivity index (χ2n) is 6.05. The zero-order valence-electron chi connectivity index (χ0n) is 17.0. The lowest BCUT2D eigenvalue weighted by Crippen LogP contribution is -2.20. The highest BCUT2D eigenvalue weighted by Crippen LogP contribution is 2.39. The Morgan fingerprint density at radius 1 is 0.929 bits per heavy atom. The first-order valence-electron chi connectivity index (χ1n) is 9.52. The Kier molecular flexibility index (Phi) is 8.34. The predicted molar refractivity (Wildman–Crippen MR) is 111 cm³/mol. The molecule has 0 spiro atoms. The molecule has 0 fully saturated rings. The fraction of sp³-hybridized carbons (Fsp3) is 0.364. The van der Waals surface area contributed by atoms with Gasteiger partial charge in [-0.3, -0.25) is 4.79 Å². The number of benzene rings is 2. The Labute approximate surface area is 166 Å². The number of nitrogens with one attached hydrogen (secondary N) is 1. The third kappa shape index (κ3) is 6.01. The Morgan fingerprint density at radius 3 is 2.04 bits per heavy atom. The fourth-order valence-corrected chi connectivity index (χ4v) is 2.66. The highest BCUT2D eigenvalue weighted by Gasteiger charge is 2.18. The molecule has 0 saturated carbocycles. The number of rotatable bonds is 10. The summed E-state index contributed by atoms with van der Waals surface area (Å²) >= 11 is 0. The van der Waals surface area contributed by atoms with Crippen molar-refractivity contribution in [3.8, 4) is 17.2 Å². The van der Waals surface area contributed by atoms with E-state index in [1.165, 1.54) is 0 Å². The van der Waals surface area contributed by atoms with E-state index >= 15 is 0 Å². The lowest BCUT2D eigenvalue weighted by Gasteiger charge is -2.16. The van der Waals surface area contributed by atoms with E-state index in [0.29, 0.717) is 49.1 Å². The van der Waals surface area contributed by atoms with Crippen molar-refractivity contribution >= 4 is 11.6 Å². The van der Waals surface area contributed by atoms with Crippen molar-refractivity contribution in [2.24, 2.45) is 5.10 Å². The first kappa shape index (κ1) is 21.3. The summed E-state index contributed by atoms with van der Waals surface area (Å²) in [6.07, 6.45) is 0.665. The van der Waals surface area contributed by atoms with Crippen LogP contribution in [0.25, 0.3) is 0 Å². The van der Waals surface area contributed by atoms with E-state index in [1.807, 2.05) is 58.0 Å². The van der Waals surface area contributed by atoms with Gasteiger partial charge in [-0.1, -0.05) is 30.3 Å². The summed E-state index contributed by atoms with van der Waals surface area (Å²) < 4.78 is 17.0. The molecule has 0 aliphatic carbocycles. The van der Waals surface area contributed by atoms with Crippen LogP contribution in [0.15, 0.2) is 47.6 Å². The van der Waals surface area contributed by atoms with Gasteiger partial charge in [-0.2, -0.15) is 5.10 Å². The van der Waals surface area contributed by atoms with Crippen molar-refractivity contribution in [2.45, 2.75) is 34.1 Å². The Morgan fingerprint density at radius 2 is 1.50 bits per heavy atom. The minimum atomic E-state index is -0.336. The van der Waals surface area contributed by atoms with Crippen molar-refractivity contribution < 1.29 is 19.0 Å². The monoisotopic (exact) mass is 384 g/mol. The van der Waals surface area contributed by atoms with Gasteiger partial charge in [-0.25, -0.2) is 5.43 Å². The Bertz CT molecular complexity index is 776. The molecule has 0 unspecified atom stereocenters. The van der Waals surface area contributed by atoms with E-state index in [4.69, 9.17) is 14.2 Å². The number of nitrogens with zero attached hydrogens (tertiary/aromatic N) is 1. The number of hydrogen-bond donors (Lipinski definition) is 1. The van der Waals surface area contributed by atoms with Crippen molar-refractivity contribution in [3.05, 3.63) is 53.6 Å². The van der Waals surface area contributed by atoms with Gasteiger partial charge in [-0.15, -0.1) is 0 Å². The molecule has 150 valence electrons. The van der Waals surface area contributed by atoms with Gasteiger partial charge in [0.25, 0.3) is 5.91 Å².